The number of rotatable bonds is 6. The molecular formula is C12H19F3N2OS. The Morgan fingerprint density at radius 1 is 1.32 bits per heavy atom. The molecule has 1 N–H and O–H groups in total. The molecule has 0 aliphatic heterocycles. The molecule has 0 radical (unpaired) electrons. The molecule has 110 valence electrons. The van der Waals surface area contributed by atoms with Crippen LogP contribution in [0.1, 0.15) is 42.8 Å². The minimum absolute atomic E-state index is 0.173. The molecule has 7 heteroatoms. The monoisotopic (exact) mass is 296 g/mol. The first kappa shape index (κ1) is 16.4. The minimum Gasteiger partial charge on any atom is -0.371 e. The number of nitrogens with one attached hydrogen (secondary N) is 1. The Kier molecular flexibility index (Phi) is 5.34. The van der Waals surface area contributed by atoms with Crippen molar-refractivity contribution in [3.05, 3.63) is 15.6 Å². The summed E-state index contributed by atoms with van der Waals surface area (Å²) in [6, 6.07) is 0. The van der Waals surface area contributed by atoms with Gasteiger partial charge in [0, 0.05) is 13.7 Å². The molecule has 0 saturated heterocycles. The van der Waals surface area contributed by atoms with E-state index in [1.165, 1.54) is 7.11 Å². The number of hydrogen-bond donors (Lipinski definition) is 1. The van der Waals surface area contributed by atoms with Gasteiger partial charge in [0.1, 0.15) is 10.6 Å². The summed E-state index contributed by atoms with van der Waals surface area (Å²) in [5.41, 5.74) is -1.57. The first-order valence-electron chi connectivity index (χ1n) is 6.11. The fourth-order valence-corrected chi connectivity index (χ4v) is 2.79. The van der Waals surface area contributed by atoms with Gasteiger partial charge in [-0.05, 0) is 19.9 Å². The Morgan fingerprint density at radius 3 is 2.37 bits per heavy atom. The third-order valence-electron chi connectivity index (χ3n) is 3.08. The van der Waals surface area contributed by atoms with Crippen LogP contribution in [-0.4, -0.2) is 18.6 Å². The number of aromatic nitrogens is 1. The van der Waals surface area contributed by atoms with Gasteiger partial charge in [-0.1, -0.05) is 13.8 Å². The average Bonchev–Trinajstić information content (AvgIpc) is 2.80. The second-order valence-electron chi connectivity index (χ2n) is 4.36. The highest BCUT2D eigenvalue weighted by atomic mass is 32.1. The average molecular weight is 296 g/mol. The highest BCUT2D eigenvalue weighted by Gasteiger charge is 2.40. The predicted molar refractivity (Wildman–Crippen MR) is 69.1 cm³/mol. The molecule has 3 nitrogen and oxygen atoms in total. The van der Waals surface area contributed by atoms with Gasteiger partial charge in [-0.3, -0.25) is 0 Å². The van der Waals surface area contributed by atoms with Crippen molar-refractivity contribution in [3.8, 4) is 0 Å². The lowest BCUT2D eigenvalue weighted by Gasteiger charge is -2.23. The maximum Gasteiger partial charge on any atom is 0.434 e. The van der Waals surface area contributed by atoms with E-state index < -0.39 is 17.5 Å². The van der Waals surface area contributed by atoms with E-state index >= 15 is 0 Å². The molecular weight excluding hydrogens is 277 g/mol. The number of methoxy groups -OCH3 is 1. The predicted octanol–water partition coefficient (Wildman–Crippen LogP) is 3.54. The topological polar surface area (TPSA) is 34.1 Å². The molecule has 1 aromatic rings. The van der Waals surface area contributed by atoms with Crippen molar-refractivity contribution < 1.29 is 17.9 Å². The minimum atomic E-state index is -4.43. The summed E-state index contributed by atoms with van der Waals surface area (Å²) in [5, 5.41) is 3.28. The van der Waals surface area contributed by atoms with Gasteiger partial charge >= 0.3 is 6.18 Å². The Morgan fingerprint density at radius 2 is 1.95 bits per heavy atom. The van der Waals surface area contributed by atoms with E-state index in [-0.39, 0.29) is 11.4 Å². The highest BCUT2D eigenvalue weighted by Crippen LogP contribution is 2.39. The van der Waals surface area contributed by atoms with Crippen LogP contribution in [0.2, 0.25) is 0 Å². The van der Waals surface area contributed by atoms with E-state index in [9.17, 15) is 13.2 Å². The van der Waals surface area contributed by atoms with Crippen molar-refractivity contribution in [1.82, 2.24) is 10.3 Å². The maximum atomic E-state index is 13.0. The molecule has 19 heavy (non-hydrogen) atoms. The molecule has 0 aliphatic rings. The van der Waals surface area contributed by atoms with Crippen LogP contribution in [0.5, 0.6) is 0 Å². The van der Waals surface area contributed by atoms with Crippen molar-refractivity contribution in [2.45, 2.75) is 45.5 Å². The lowest BCUT2D eigenvalue weighted by molar-refractivity contribution is -0.141. The number of alkyl halides is 3. The molecule has 0 bridgehead atoms. The number of thiazole rings is 1. The van der Waals surface area contributed by atoms with Crippen molar-refractivity contribution in [2.75, 3.05) is 13.7 Å². The van der Waals surface area contributed by atoms with E-state index in [1.54, 1.807) is 6.92 Å². The summed E-state index contributed by atoms with van der Waals surface area (Å²) >= 11 is 1.06. The van der Waals surface area contributed by atoms with Gasteiger partial charge in [0.15, 0.2) is 5.69 Å². The summed E-state index contributed by atoms with van der Waals surface area (Å²) in [4.78, 5) is 3.99. The van der Waals surface area contributed by atoms with Crippen LogP contribution in [0.15, 0.2) is 0 Å². The summed E-state index contributed by atoms with van der Waals surface area (Å²) < 4.78 is 44.2. The van der Waals surface area contributed by atoms with E-state index in [0.717, 1.165) is 11.3 Å². The summed E-state index contributed by atoms with van der Waals surface area (Å²) in [7, 11) is 1.49. The molecule has 1 unspecified atom stereocenters. The van der Waals surface area contributed by atoms with Gasteiger partial charge in [-0.25, -0.2) is 4.98 Å². The normalized spacial score (nSPS) is 15.5. The van der Waals surface area contributed by atoms with Gasteiger partial charge in [0.2, 0.25) is 0 Å². The Balaban J connectivity index is 3.20. The number of nitrogens with zero attached hydrogens (tertiary/aromatic N) is 1. The van der Waals surface area contributed by atoms with Gasteiger partial charge in [0.05, 0.1) is 4.88 Å². The van der Waals surface area contributed by atoms with Crippen LogP contribution in [0.4, 0.5) is 13.2 Å². The van der Waals surface area contributed by atoms with Gasteiger partial charge < -0.3 is 10.1 Å². The highest BCUT2D eigenvalue weighted by molar-refractivity contribution is 7.11. The van der Waals surface area contributed by atoms with E-state index in [4.69, 9.17) is 4.74 Å². The van der Waals surface area contributed by atoms with Gasteiger partial charge in [-0.2, -0.15) is 13.2 Å². The molecule has 0 aromatic carbocycles. The van der Waals surface area contributed by atoms with Crippen LogP contribution < -0.4 is 5.32 Å². The van der Waals surface area contributed by atoms with Gasteiger partial charge in [-0.15, -0.1) is 11.3 Å². The zero-order valence-electron chi connectivity index (χ0n) is 11.5. The standard InChI is InChI=1S/C12H19F3N2OS/c1-5-11(3,18-4)10-17-9(12(13,14)15)8(19-10)7-16-6-2/h16H,5-7H2,1-4H3. The Hall–Kier alpha value is -0.660. The van der Waals surface area contributed by atoms with E-state index in [0.29, 0.717) is 18.0 Å². The molecule has 0 fully saturated rings. The molecule has 1 atom stereocenters. The summed E-state index contributed by atoms with van der Waals surface area (Å²) in [6.07, 6.45) is -3.86. The number of halogens is 3. The Bertz CT molecular complexity index is 414. The lowest BCUT2D eigenvalue weighted by atomic mass is 10.1. The molecule has 0 saturated carbocycles. The van der Waals surface area contributed by atoms with Crippen LogP contribution >= 0.6 is 11.3 Å². The molecule has 0 aliphatic carbocycles. The summed E-state index contributed by atoms with van der Waals surface area (Å²) in [5.74, 6) is 0. The zero-order chi connectivity index (χ0) is 14.7. The third-order valence-corrected chi connectivity index (χ3v) is 4.38. The first-order chi connectivity index (χ1) is 8.78. The molecule has 0 spiro atoms. The van der Waals surface area contributed by atoms with Crippen LogP contribution in [0.25, 0.3) is 0 Å². The van der Waals surface area contributed by atoms with Crippen molar-refractivity contribution in [1.29, 1.82) is 0 Å². The lowest BCUT2D eigenvalue weighted by Crippen LogP contribution is -2.23. The number of hydrogen-bond acceptors (Lipinski definition) is 4. The largest absolute Gasteiger partial charge is 0.434 e. The smallest absolute Gasteiger partial charge is 0.371 e. The second kappa shape index (κ2) is 6.19. The first-order valence-corrected chi connectivity index (χ1v) is 6.93. The third kappa shape index (κ3) is 3.67. The molecule has 1 heterocycles. The maximum absolute atomic E-state index is 13.0. The Labute approximate surface area is 115 Å². The quantitative estimate of drug-likeness (QED) is 0.872. The molecule has 1 rings (SSSR count). The van der Waals surface area contributed by atoms with E-state index in [2.05, 4.69) is 10.3 Å². The fraction of sp³-hybridized carbons (Fsp3) is 0.750. The second-order valence-corrected chi connectivity index (χ2v) is 5.44. The van der Waals surface area contributed by atoms with Crippen molar-refractivity contribution >= 4 is 11.3 Å². The van der Waals surface area contributed by atoms with Crippen LogP contribution in [0.3, 0.4) is 0 Å². The number of ether oxygens (including phenoxy) is 1. The van der Waals surface area contributed by atoms with Crippen LogP contribution in [0, 0.1) is 0 Å². The fourth-order valence-electron chi connectivity index (χ4n) is 1.54. The van der Waals surface area contributed by atoms with Crippen molar-refractivity contribution in [2.24, 2.45) is 0 Å². The SMILES string of the molecule is CCNCc1sc(C(C)(CC)OC)nc1C(F)(F)F. The van der Waals surface area contributed by atoms with Crippen LogP contribution in [-0.2, 0) is 23.1 Å². The molecule has 1 aromatic heterocycles. The van der Waals surface area contributed by atoms with Gasteiger partial charge in [0.25, 0.3) is 0 Å². The van der Waals surface area contributed by atoms with Crippen molar-refractivity contribution in [3.63, 3.8) is 0 Å². The molecule has 0 amide bonds. The zero-order valence-corrected chi connectivity index (χ0v) is 12.3. The van der Waals surface area contributed by atoms with E-state index in [1.807, 2.05) is 13.8 Å². The summed E-state index contributed by atoms with van der Waals surface area (Å²) in [6.45, 7) is 6.25.